The summed E-state index contributed by atoms with van der Waals surface area (Å²) < 4.78 is 7.14. The lowest BCUT2D eigenvalue weighted by molar-refractivity contribution is -0.0511. The highest BCUT2D eigenvalue weighted by molar-refractivity contribution is 7.98. The van der Waals surface area contributed by atoms with E-state index in [2.05, 4.69) is 24.9 Å². The van der Waals surface area contributed by atoms with Gasteiger partial charge in [-0.25, -0.2) is 19.9 Å². The molecule has 3 aromatic heterocycles. The molecule has 1 aromatic carbocycles. The number of ether oxygens (including phenoxy) is 1. The summed E-state index contributed by atoms with van der Waals surface area (Å²) in [4.78, 5) is 20.5. The number of H-pyrrole nitrogens is 1. The minimum Gasteiger partial charge on any atom is -0.394 e. The summed E-state index contributed by atoms with van der Waals surface area (Å²) in [5, 5.41) is 30.3. The number of hydrogen-bond acceptors (Lipinski definition) is 9. The van der Waals surface area contributed by atoms with E-state index in [4.69, 9.17) is 4.74 Å². The van der Waals surface area contributed by atoms with Gasteiger partial charge in [-0.1, -0.05) is 23.9 Å². The molecule has 0 bridgehead atoms. The van der Waals surface area contributed by atoms with E-state index in [9.17, 15) is 15.3 Å². The van der Waals surface area contributed by atoms with Crippen LogP contribution >= 0.6 is 11.8 Å². The second-order valence-electron chi connectivity index (χ2n) is 6.74. The van der Waals surface area contributed by atoms with Gasteiger partial charge in [0.25, 0.3) is 0 Å². The van der Waals surface area contributed by atoms with Crippen molar-refractivity contribution >= 4 is 34.0 Å². The molecule has 11 heteroatoms. The van der Waals surface area contributed by atoms with Gasteiger partial charge in [-0.05, 0) is 11.6 Å². The lowest BCUT2D eigenvalue weighted by Crippen LogP contribution is -2.33. The lowest BCUT2D eigenvalue weighted by Gasteiger charge is -2.16. The van der Waals surface area contributed by atoms with Crippen LogP contribution in [0.4, 0.5) is 0 Å². The maximum Gasteiger partial charge on any atom is 0.166 e. The van der Waals surface area contributed by atoms with Crippen molar-refractivity contribution in [2.45, 2.75) is 35.3 Å². The molecular weight excluding hydrogens is 396 g/mol. The molecule has 4 N–H and O–H groups in total. The van der Waals surface area contributed by atoms with E-state index < -0.39 is 31.1 Å². The highest BCUT2D eigenvalue weighted by Crippen LogP contribution is 2.33. The van der Waals surface area contributed by atoms with Crippen LogP contribution in [0.2, 0.25) is 0 Å². The van der Waals surface area contributed by atoms with Crippen molar-refractivity contribution in [3.63, 3.8) is 0 Å². The first kappa shape index (κ1) is 18.5. The summed E-state index contributed by atoms with van der Waals surface area (Å²) in [6, 6.07) is 5.97. The Morgan fingerprint density at radius 1 is 1.10 bits per heavy atom. The molecule has 0 spiro atoms. The number of hydrogen-bond donors (Lipinski definition) is 4. The van der Waals surface area contributed by atoms with Crippen molar-refractivity contribution < 1.29 is 20.1 Å². The van der Waals surface area contributed by atoms with E-state index in [0.717, 1.165) is 16.6 Å². The number of fused-ring (bicyclic) bond motifs is 2. The summed E-state index contributed by atoms with van der Waals surface area (Å²) in [5.74, 6) is 0.648. The van der Waals surface area contributed by atoms with Crippen molar-refractivity contribution in [2.24, 2.45) is 0 Å². The average molecular weight is 414 g/mol. The molecule has 0 amide bonds. The van der Waals surface area contributed by atoms with Crippen LogP contribution in [-0.2, 0) is 10.5 Å². The van der Waals surface area contributed by atoms with Gasteiger partial charge in [-0.15, -0.1) is 0 Å². The summed E-state index contributed by atoms with van der Waals surface area (Å²) >= 11 is 1.51. The summed E-state index contributed by atoms with van der Waals surface area (Å²) in [6.07, 6.45) is 0.456. The molecular formula is C18H18N6O4S. The second-order valence-corrected chi connectivity index (χ2v) is 7.70. The van der Waals surface area contributed by atoms with Crippen LogP contribution in [0.3, 0.4) is 0 Å². The number of aliphatic hydroxyl groups is 3. The Morgan fingerprint density at radius 2 is 2.00 bits per heavy atom. The maximum atomic E-state index is 10.3. The van der Waals surface area contributed by atoms with E-state index in [0.29, 0.717) is 21.9 Å². The molecule has 1 saturated heterocycles. The topological polar surface area (TPSA) is 142 Å². The van der Waals surface area contributed by atoms with E-state index in [-0.39, 0.29) is 0 Å². The minimum atomic E-state index is -1.20. The standard InChI is InChI=1S/C18H18N6O4S/c25-4-11-14(26)15(27)18(28-11)24-8-23-13-16(24)21-7-22-17(13)29-5-9-2-1-3-10-12(9)20-6-19-10/h1-3,6-8,11,14-15,18,25-27H,4-5H2,(H,19,20). The number of aromatic nitrogens is 6. The van der Waals surface area contributed by atoms with E-state index >= 15 is 0 Å². The Bertz CT molecular complexity index is 1160. The zero-order chi connectivity index (χ0) is 20.0. The number of nitrogens with one attached hydrogen (secondary N) is 1. The fourth-order valence-corrected chi connectivity index (χ4v) is 4.45. The van der Waals surface area contributed by atoms with Crippen molar-refractivity contribution in [3.05, 3.63) is 42.7 Å². The highest BCUT2D eigenvalue weighted by Gasteiger charge is 2.44. The highest BCUT2D eigenvalue weighted by atomic mass is 32.2. The normalized spacial score (nSPS) is 24.7. The van der Waals surface area contributed by atoms with Crippen LogP contribution in [0.15, 0.2) is 42.2 Å². The molecule has 150 valence electrons. The lowest BCUT2D eigenvalue weighted by atomic mass is 10.1. The van der Waals surface area contributed by atoms with Crippen molar-refractivity contribution in [2.75, 3.05) is 6.61 Å². The van der Waals surface area contributed by atoms with Gasteiger partial charge in [0.2, 0.25) is 0 Å². The molecule has 0 radical (unpaired) electrons. The number of aliphatic hydroxyl groups excluding tert-OH is 3. The average Bonchev–Trinajstić information content (AvgIpc) is 3.45. The molecule has 1 fully saturated rings. The van der Waals surface area contributed by atoms with Gasteiger partial charge in [-0.3, -0.25) is 4.57 Å². The van der Waals surface area contributed by atoms with Gasteiger partial charge in [0.15, 0.2) is 11.9 Å². The number of aromatic amines is 1. The number of imidazole rings is 2. The minimum absolute atomic E-state index is 0.393. The SMILES string of the molecule is OCC1OC(n2cnc3c(SCc4cccc5[nH]cnc45)ncnc32)C(O)C1O. The molecule has 4 unspecified atom stereocenters. The van der Waals surface area contributed by atoms with Gasteiger partial charge < -0.3 is 25.0 Å². The van der Waals surface area contributed by atoms with Crippen LogP contribution in [0, 0.1) is 0 Å². The fraction of sp³-hybridized carbons (Fsp3) is 0.333. The third kappa shape index (κ3) is 3.07. The molecule has 29 heavy (non-hydrogen) atoms. The number of nitrogens with zero attached hydrogens (tertiary/aromatic N) is 5. The Hall–Kier alpha value is -2.57. The third-order valence-corrected chi connectivity index (χ3v) is 6.04. The van der Waals surface area contributed by atoms with Gasteiger partial charge >= 0.3 is 0 Å². The number of benzene rings is 1. The first-order valence-corrected chi connectivity index (χ1v) is 9.99. The van der Waals surface area contributed by atoms with Crippen molar-refractivity contribution in [1.82, 2.24) is 29.5 Å². The Balaban J connectivity index is 1.44. The smallest absolute Gasteiger partial charge is 0.166 e. The number of para-hydroxylation sites is 1. The van der Waals surface area contributed by atoms with Crippen LogP contribution in [0.1, 0.15) is 11.8 Å². The van der Waals surface area contributed by atoms with Crippen LogP contribution in [0.25, 0.3) is 22.2 Å². The van der Waals surface area contributed by atoms with E-state index in [1.807, 2.05) is 18.2 Å². The van der Waals surface area contributed by atoms with Crippen LogP contribution < -0.4 is 0 Å². The Kier molecular flexibility index (Phi) is 4.68. The Labute approximate surface area is 168 Å². The number of thioether (sulfide) groups is 1. The summed E-state index contributed by atoms with van der Waals surface area (Å²) in [7, 11) is 0. The number of rotatable bonds is 5. The molecule has 0 aliphatic carbocycles. The van der Waals surface area contributed by atoms with Crippen LogP contribution in [0.5, 0.6) is 0 Å². The predicted octanol–water partition coefficient (Wildman–Crippen LogP) is 0.606. The van der Waals surface area contributed by atoms with Gasteiger partial charge in [0.1, 0.15) is 35.2 Å². The molecule has 1 aliphatic heterocycles. The third-order valence-electron chi connectivity index (χ3n) is 5.01. The predicted molar refractivity (Wildman–Crippen MR) is 104 cm³/mol. The monoisotopic (exact) mass is 414 g/mol. The van der Waals surface area contributed by atoms with E-state index in [1.165, 1.54) is 24.4 Å². The Morgan fingerprint density at radius 3 is 2.83 bits per heavy atom. The molecule has 10 nitrogen and oxygen atoms in total. The zero-order valence-corrected chi connectivity index (χ0v) is 15.9. The van der Waals surface area contributed by atoms with Gasteiger partial charge in [0, 0.05) is 5.75 Å². The molecule has 4 atom stereocenters. The molecule has 1 aliphatic rings. The fourth-order valence-electron chi connectivity index (χ4n) is 3.52. The molecule has 4 aromatic rings. The van der Waals surface area contributed by atoms with E-state index in [1.54, 1.807) is 10.9 Å². The zero-order valence-electron chi connectivity index (χ0n) is 15.1. The van der Waals surface area contributed by atoms with Crippen molar-refractivity contribution in [3.8, 4) is 0 Å². The van der Waals surface area contributed by atoms with Gasteiger partial charge in [0.05, 0.1) is 30.3 Å². The van der Waals surface area contributed by atoms with Crippen LogP contribution in [-0.4, -0.2) is 69.7 Å². The summed E-state index contributed by atoms with van der Waals surface area (Å²) in [5.41, 5.74) is 4.02. The molecule has 0 saturated carbocycles. The second kappa shape index (κ2) is 7.35. The largest absolute Gasteiger partial charge is 0.394 e. The first-order chi connectivity index (χ1) is 14.2. The quantitative estimate of drug-likeness (QED) is 0.273. The first-order valence-electron chi connectivity index (χ1n) is 9.01. The molecule has 4 heterocycles. The van der Waals surface area contributed by atoms with Gasteiger partial charge in [-0.2, -0.15) is 0 Å². The van der Waals surface area contributed by atoms with Crippen molar-refractivity contribution in [1.29, 1.82) is 0 Å². The summed E-state index contributed by atoms with van der Waals surface area (Å²) in [6.45, 7) is -0.393. The maximum absolute atomic E-state index is 10.3. The molecule has 5 rings (SSSR count).